The second-order valence-corrected chi connectivity index (χ2v) is 4.08. The zero-order valence-corrected chi connectivity index (χ0v) is 9.41. The van der Waals surface area contributed by atoms with Crippen molar-refractivity contribution in [2.45, 2.75) is 6.92 Å². The molecule has 0 radical (unpaired) electrons. The molecule has 1 amide bonds. The van der Waals surface area contributed by atoms with Crippen LogP contribution in [0.2, 0.25) is 0 Å². The van der Waals surface area contributed by atoms with Gasteiger partial charge in [-0.2, -0.15) is 0 Å². The quantitative estimate of drug-likeness (QED) is 0.828. The Balaban J connectivity index is 2.11. The Kier molecular flexibility index (Phi) is 2.82. The Morgan fingerprint density at radius 1 is 1.50 bits per heavy atom. The predicted molar refractivity (Wildman–Crippen MR) is 63.5 cm³/mol. The number of nitrogens with one attached hydrogen (secondary N) is 1. The number of aromatic nitrogens is 2. The van der Waals surface area contributed by atoms with Gasteiger partial charge in [0.1, 0.15) is 5.69 Å². The summed E-state index contributed by atoms with van der Waals surface area (Å²) in [7, 11) is 0. The molecule has 0 bridgehead atoms. The molecule has 0 aliphatic rings. The first-order valence-electron chi connectivity index (χ1n) is 4.60. The summed E-state index contributed by atoms with van der Waals surface area (Å²) in [5.74, 6) is -0.283. The lowest BCUT2D eigenvalue weighted by Gasteiger charge is -2.00. The first-order chi connectivity index (χ1) is 7.65. The van der Waals surface area contributed by atoms with E-state index in [0.717, 1.165) is 5.69 Å². The maximum atomic E-state index is 11.7. The number of rotatable bonds is 2. The van der Waals surface area contributed by atoms with Gasteiger partial charge in [0, 0.05) is 5.38 Å². The summed E-state index contributed by atoms with van der Waals surface area (Å²) in [5.41, 5.74) is 7.21. The van der Waals surface area contributed by atoms with Crippen molar-refractivity contribution < 1.29 is 4.79 Å². The molecule has 0 saturated carbocycles. The molecule has 82 valence electrons. The van der Waals surface area contributed by atoms with Crippen LogP contribution in [0.25, 0.3) is 0 Å². The Hall–Kier alpha value is -1.95. The van der Waals surface area contributed by atoms with Crippen molar-refractivity contribution in [3.8, 4) is 0 Å². The molecule has 0 fully saturated rings. The number of pyridine rings is 1. The molecular formula is C10H10N4OS. The highest BCUT2D eigenvalue weighted by molar-refractivity contribution is 7.13. The van der Waals surface area contributed by atoms with E-state index in [9.17, 15) is 4.79 Å². The number of carbonyl (C=O) groups excluding carboxylic acids is 1. The van der Waals surface area contributed by atoms with E-state index in [1.165, 1.54) is 17.5 Å². The van der Waals surface area contributed by atoms with Crippen molar-refractivity contribution in [1.82, 2.24) is 9.97 Å². The molecular weight excluding hydrogens is 224 g/mol. The topological polar surface area (TPSA) is 80.9 Å². The number of hydrogen-bond donors (Lipinski definition) is 2. The Morgan fingerprint density at radius 3 is 2.88 bits per heavy atom. The van der Waals surface area contributed by atoms with Crippen LogP contribution >= 0.6 is 11.3 Å². The number of nitrogens with two attached hydrogens (primary N) is 1. The lowest BCUT2D eigenvalue weighted by molar-refractivity contribution is 0.102. The maximum absolute atomic E-state index is 11.7. The molecule has 2 rings (SSSR count). The third kappa shape index (κ3) is 2.34. The molecule has 2 heterocycles. The molecule has 2 aromatic rings. The van der Waals surface area contributed by atoms with Gasteiger partial charge in [0.05, 0.1) is 17.6 Å². The number of thiazole rings is 1. The van der Waals surface area contributed by atoms with E-state index in [1.54, 1.807) is 12.1 Å². The number of amides is 1. The zero-order valence-electron chi connectivity index (χ0n) is 8.60. The molecule has 3 N–H and O–H groups in total. The van der Waals surface area contributed by atoms with Crippen molar-refractivity contribution in [3.63, 3.8) is 0 Å². The summed E-state index contributed by atoms with van der Waals surface area (Å²) in [4.78, 5) is 19.7. The molecule has 2 aromatic heterocycles. The summed E-state index contributed by atoms with van der Waals surface area (Å²) in [5, 5.41) is 5.10. The number of carbonyl (C=O) groups is 1. The standard InChI is InChI=1S/C10H10N4OS/c1-6-5-16-10(13-6)14-9(15)8-3-2-7(11)4-12-8/h2-5H,11H2,1H3,(H,13,14,15). The first-order valence-corrected chi connectivity index (χ1v) is 5.48. The third-order valence-corrected chi connectivity index (χ3v) is 2.73. The van der Waals surface area contributed by atoms with E-state index in [1.807, 2.05) is 12.3 Å². The molecule has 0 aliphatic heterocycles. The van der Waals surface area contributed by atoms with E-state index < -0.39 is 0 Å². The summed E-state index contributed by atoms with van der Waals surface area (Å²) in [6.45, 7) is 1.87. The van der Waals surface area contributed by atoms with Gasteiger partial charge in [-0.15, -0.1) is 11.3 Å². The Labute approximate surface area is 96.3 Å². The van der Waals surface area contributed by atoms with Gasteiger partial charge in [0.25, 0.3) is 5.91 Å². The molecule has 0 unspecified atom stereocenters. The second kappa shape index (κ2) is 4.28. The monoisotopic (exact) mass is 234 g/mol. The fraction of sp³-hybridized carbons (Fsp3) is 0.100. The fourth-order valence-electron chi connectivity index (χ4n) is 1.11. The second-order valence-electron chi connectivity index (χ2n) is 3.22. The van der Waals surface area contributed by atoms with Crippen LogP contribution in [0.1, 0.15) is 16.2 Å². The first kappa shape index (κ1) is 10.6. The van der Waals surface area contributed by atoms with Crippen LogP contribution in [0.3, 0.4) is 0 Å². The van der Waals surface area contributed by atoms with E-state index >= 15 is 0 Å². The Morgan fingerprint density at radius 2 is 2.31 bits per heavy atom. The lowest BCUT2D eigenvalue weighted by atomic mass is 10.3. The molecule has 6 heteroatoms. The van der Waals surface area contributed by atoms with Crippen molar-refractivity contribution in [3.05, 3.63) is 35.1 Å². The summed E-state index contributed by atoms with van der Waals surface area (Å²) in [6.07, 6.45) is 1.45. The molecule has 0 aromatic carbocycles. The van der Waals surface area contributed by atoms with Crippen LogP contribution in [0.4, 0.5) is 10.8 Å². The smallest absolute Gasteiger partial charge is 0.276 e. The van der Waals surface area contributed by atoms with Crippen LogP contribution in [-0.4, -0.2) is 15.9 Å². The van der Waals surface area contributed by atoms with Crippen molar-refractivity contribution >= 4 is 28.1 Å². The summed E-state index contributed by atoms with van der Waals surface area (Å²) in [6, 6.07) is 3.21. The maximum Gasteiger partial charge on any atom is 0.276 e. The highest BCUT2D eigenvalue weighted by Crippen LogP contribution is 2.15. The molecule has 0 aliphatic carbocycles. The van der Waals surface area contributed by atoms with Gasteiger partial charge < -0.3 is 5.73 Å². The summed E-state index contributed by atoms with van der Waals surface area (Å²) >= 11 is 1.38. The van der Waals surface area contributed by atoms with E-state index in [2.05, 4.69) is 15.3 Å². The van der Waals surface area contributed by atoms with Crippen LogP contribution < -0.4 is 11.1 Å². The van der Waals surface area contributed by atoms with Gasteiger partial charge in [-0.25, -0.2) is 9.97 Å². The summed E-state index contributed by atoms with van der Waals surface area (Å²) < 4.78 is 0. The highest BCUT2D eigenvalue weighted by Gasteiger charge is 2.08. The van der Waals surface area contributed by atoms with Gasteiger partial charge in [-0.3, -0.25) is 10.1 Å². The molecule has 0 saturated heterocycles. The minimum absolute atomic E-state index is 0.283. The largest absolute Gasteiger partial charge is 0.397 e. The number of anilines is 2. The molecule has 5 nitrogen and oxygen atoms in total. The van der Waals surface area contributed by atoms with Crippen molar-refractivity contribution in [2.24, 2.45) is 0 Å². The number of hydrogen-bond acceptors (Lipinski definition) is 5. The lowest BCUT2D eigenvalue weighted by Crippen LogP contribution is -2.13. The SMILES string of the molecule is Cc1csc(NC(=O)c2ccc(N)cn2)n1. The normalized spacial score (nSPS) is 10.1. The van der Waals surface area contributed by atoms with Gasteiger partial charge in [0.2, 0.25) is 0 Å². The van der Waals surface area contributed by atoms with Gasteiger partial charge in [-0.1, -0.05) is 0 Å². The highest BCUT2D eigenvalue weighted by atomic mass is 32.1. The Bertz CT molecular complexity index is 506. The van der Waals surface area contributed by atoms with Crippen LogP contribution in [0.5, 0.6) is 0 Å². The van der Waals surface area contributed by atoms with Crippen LogP contribution in [0, 0.1) is 6.92 Å². The molecule has 16 heavy (non-hydrogen) atoms. The van der Waals surface area contributed by atoms with Crippen LogP contribution in [-0.2, 0) is 0 Å². The van der Waals surface area contributed by atoms with Crippen molar-refractivity contribution in [2.75, 3.05) is 11.1 Å². The van der Waals surface area contributed by atoms with Crippen LogP contribution in [0.15, 0.2) is 23.7 Å². The average molecular weight is 234 g/mol. The average Bonchev–Trinajstić information content (AvgIpc) is 2.65. The molecule has 0 atom stereocenters. The van der Waals surface area contributed by atoms with Gasteiger partial charge in [-0.05, 0) is 19.1 Å². The number of aryl methyl sites for hydroxylation is 1. The third-order valence-electron chi connectivity index (χ3n) is 1.86. The number of nitrogens with zero attached hydrogens (tertiary/aromatic N) is 2. The van der Waals surface area contributed by atoms with E-state index in [0.29, 0.717) is 16.5 Å². The van der Waals surface area contributed by atoms with Gasteiger partial charge in [0.15, 0.2) is 5.13 Å². The minimum Gasteiger partial charge on any atom is -0.397 e. The van der Waals surface area contributed by atoms with E-state index in [4.69, 9.17) is 5.73 Å². The zero-order chi connectivity index (χ0) is 11.5. The predicted octanol–water partition coefficient (Wildman–Crippen LogP) is 1.68. The van der Waals surface area contributed by atoms with E-state index in [-0.39, 0.29) is 5.91 Å². The fourth-order valence-corrected chi connectivity index (χ4v) is 1.80. The number of nitrogen functional groups attached to an aromatic ring is 1. The van der Waals surface area contributed by atoms with Gasteiger partial charge >= 0.3 is 0 Å². The molecule has 0 spiro atoms. The van der Waals surface area contributed by atoms with Crippen molar-refractivity contribution in [1.29, 1.82) is 0 Å². The minimum atomic E-state index is -0.283.